The number of nitrogens with zero attached hydrogens (tertiary/aromatic N) is 2. The lowest BCUT2D eigenvalue weighted by atomic mass is 9.93. The maximum Gasteiger partial charge on any atom is 0.116 e. The second kappa shape index (κ2) is 6.37. The summed E-state index contributed by atoms with van der Waals surface area (Å²) < 4.78 is 0. The van der Waals surface area contributed by atoms with Gasteiger partial charge < -0.3 is 4.90 Å². The first-order chi connectivity index (χ1) is 7.97. The van der Waals surface area contributed by atoms with Gasteiger partial charge in [-0.3, -0.25) is 5.32 Å². The Bertz CT molecular complexity index is 263. The monoisotopic (exact) mass is 237 g/mol. The smallest absolute Gasteiger partial charge is 0.116 e. The summed E-state index contributed by atoms with van der Waals surface area (Å²) >= 11 is 0. The van der Waals surface area contributed by atoms with Crippen molar-refractivity contribution in [3.8, 4) is 6.07 Å². The summed E-state index contributed by atoms with van der Waals surface area (Å²) in [5.41, 5.74) is -0.430. The summed E-state index contributed by atoms with van der Waals surface area (Å²) in [7, 11) is 2.16. The van der Waals surface area contributed by atoms with E-state index in [2.05, 4.69) is 37.2 Å². The van der Waals surface area contributed by atoms with Gasteiger partial charge in [0.05, 0.1) is 6.07 Å². The Morgan fingerprint density at radius 2 is 1.94 bits per heavy atom. The predicted molar refractivity (Wildman–Crippen MR) is 71.8 cm³/mol. The molecule has 1 N–H and O–H groups in total. The van der Waals surface area contributed by atoms with E-state index in [-0.39, 0.29) is 0 Å². The third kappa shape index (κ3) is 4.65. The zero-order valence-corrected chi connectivity index (χ0v) is 11.8. The molecule has 0 bridgehead atoms. The highest BCUT2D eigenvalue weighted by Gasteiger charge is 2.29. The normalized spacial score (nSPS) is 21.5. The molecule has 1 aliphatic carbocycles. The van der Waals surface area contributed by atoms with Crippen LogP contribution < -0.4 is 5.32 Å². The van der Waals surface area contributed by atoms with Gasteiger partial charge in [0.1, 0.15) is 5.54 Å². The van der Waals surface area contributed by atoms with Gasteiger partial charge in [-0.1, -0.05) is 19.3 Å². The van der Waals surface area contributed by atoms with E-state index in [1.165, 1.54) is 32.1 Å². The number of rotatable bonds is 5. The molecular formula is C14H27N3. The minimum absolute atomic E-state index is 0.347. The van der Waals surface area contributed by atoms with Gasteiger partial charge in [0.2, 0.25) is 0 Å². The molecule has 0 aromatic carbocycles. The predicted octanol–water partition coefficient (Wildman–Crippen LogP) is 2.53. The molecule has 3 nitrogen and oxygen atoms in total. The minimum Gasteiger partial charge on any atom is -0.301 e. The van der Waals surface area contributed by atoms with Crippen LogP contribution in [-0.4, -0.2) is 36.1 Å². The lowest BCUT2D eigenvalue weighted by Crippen LogP contribution is -2.54. The summed E-state index contributed by atoms with van der Waals surface area (Å²) in [4.78, 5) is 2.37. The van der Waals surface area contributed by atoms with Crippen molar-refractivity contribution in [2.24, 2.45) is 0 Å². The number of nitrogens with one attached hydrogen (secondary N) is 1. The Labute approximate surface area is 106 Å². The summed E-state index contributed by atoms with van der Waals surface area (Å²) in [5.74, 6) is 0. The van der Waals surface area contributed by atoms with Crippen LogP contribution in [0.3, 0.4) is 0 Å². The van der Waals surface area contributed by atoms with Crippen molar-refractivity contribution < 1.29 is 0 Å². The van der Waals surface area contributed by atoms with Gasteiger partial charge in [-0.15, -0.1) is 0 Å². The third-order valence-electron chi connectivity index (χ3n) is 3.62. The van der Waals surface area contributed by atoms with Crippen molar-refractivity contribution >= 4 is 0 Å². The van der Waals surface area contributed by atoms with E-state index in [4.69, 9.17) is 0 Å². The third-order valence-corrected chi connectivity index (χ3v) is 3.62. The Hall–Kier alpha value is -0.590. The van der Waals surface area contributed by atoms with E-state index in [0.717, 1.165) is 6.54 Å². The van der Waals surface area contributed by atoms with Crippen LogP contribution in [0.5, 0.6) is 0 Å². The fraction of sp³-hybridized carbons (Fsp3) is 0.929. The van der Waals surface area contributed by atoms with Crippen molar-refractivity contribution in [3.05, 3.63) is 0 Å². The highest BCUT2D eigenvalue weighted by Crippen LogP contribution is 2.22. The van der Waals surface area contributed by atoms with E-state index in [0.29, 0.717) is 12.1 Å². The zero-order valence-electron chi connectivity index (χ0n) is 11.8. The quantitative estimate of drug-likeness (QED) is 0.798. The molecule has 98 valence electrons. The summed E-state index contributed by atoms with van der Waals surface area (Å²) in [6.45, 7) is 7.01. The van der Waals surface area contributed by atoms with Crippen LogP contribution in [0.1, 0.15) is 52.9 Å². The molecule has 0 aromatic rings. The number of nitriles is 1. The van der Waals surface area contributed by atoms with Crippen molar-refractivity contribution in [1.82, 2.24) is 10.2 Å². The van der Waals surface area contributed by atoms with Crippen LogP contribution in [-0.2, 0) is 0 Å². The van der Waals surface area contributed by atoms with Crippen LogP contribution in [0, 0.1) is 11.3 Å². The van der Waals surface area contributed by atoms with Gasteiger partial charge in [0.25, 0.3) is 0 Å². The van der Waals surface area contributed by atoms with Crippen LogP contribution in [0.2, 0.25) is 0 Å². The van der Waals surface area contributed by atoms with Crippen molar-refractivity contribution in [1.29, 1.82) is 5.26 Å². The molecule has 0 spiro atoms. The molecule has 1 rings (SSSR count). The van der Waals surface area contributed by atoms with Crippen LogP contribution in [0.15, 0.2) is 0 Å². The topological polar surface area (TPSA) is 39.1 Å². The Morgan fingerprint density at radius 3 is 2.41 bits per heavy atom. The van der Waals surface area contributed by atoms with Gasteiger partial charge in [-0.2, -0.15) is 5.26 Å². The summed E-state index contributed by atoms with van der Waals surface area (Å²) in [5, 5.41) is 12.7. The van der Waals surface area contributed by atoms with Gasteiger partial charge >= 0.3 is 0 Å². The number of likely N-dealkylation sites (N-methyl/N-ethyl adjacent to an activating group) is 1. The number of hydrogen-bond acceptors (Lipinski definition) is 3. The molecule has 0 aromatic heterocycles. The molecule has 1 atom stereocenters. The average molecular weight is 237 g/mol. The molecular weight excluding hydrogens is 210 g/mol. The summed E-state index contributed by atoms with van der Waals surface area (Å²) in [6.07, 6.45) is 6.65. The molecule has 0 radical (unpaired) electrons. The van der Waals surface area contributed by atoms with Crippen molar-refractivity contribution in [2.75, 3.05) is 13.6 Å². The molecule has 0 aliphatic heterocycles. The molecule has 1 saturated carbocycles. The fourth-order valence-electron chi connectivity index (χ4n) is 2.90. The fourth-order valence-corrected chi connectivity index (χ4v) is 2.90. The molecule has 1 fully saturated rings. The van der Waals surface area contributed by atoms with Crippen molar-refractivity contribution in [2.45, 2.75) is 70.5 Å². The van der Waals surface area contributed by atoms with E-state index in [1.54, 1.807) is 0 Å². The molecule has 0 saturated heterocycles. The standard InChI is InChI=1S/C14H27N3/c1-12(2)16-14(3,10-15)11-17(4)13-8-6-5-7-9-13/h12-13,16H,5-9,11H2,1-4H3. The molecule has 3 heteroatoms. The van der Waals surface area contributed by atoms with E-state index in [1.807, 2.05) is 6.92 Å². The molecule has 1 aliphatic rings. The minimum atomic E-state index is -0.430. The largest absolute Gasteiger partial charge is 0.301 e. The van der Waals surface area contributed by atoms with Crippen molar-refractivity contribution in [3.63, 3.8) is 0 Å². The van der Waals surface area contributed by atoms with Gasteiger partial charge in [-0.05, 0) is 40.7 Å². The zero-order chi connectivity index (χ0) is 12.9. The van der Waals surface area contributed by atoms with E-state index >= 15 is 0 Å². The Balaban J connectivity index is 2.52. The maximum absolute atomic E-state index is 9.34. The van der Waals surface area contributed by atoms with Gasteiger partial charge in [0, 0.05) is 18.6 Å². The molecule has 0 heterocycles. The Kier molecular flexibility index (Phi) is 5.42. The van der Waals surface area contributed by atoms with Gasteiger partial charge in [0.15, 0.2) is 0 Å². The molecule has 17 heavy (non-hydrogen) atoms. The number of hydrogen-bond donors (Lipinski definition) is 1. The second-order valence-electron chi connectivity index (χ2n) is 5.95. The first-order valence-electron chi connectivity index (χ1n) is 6.86. The van der Waals surface area contributed by atoms with Crippen LogP contribution >= 0.6 is 0 Å². The maximum atomic E-state index is 9.34. The van der Waals surface area contributed by atoms with E-state index < -0.39 is 5.54 Å². The highest BCUT2D eigenvalue weighted by molar-refractivity contribution is 5.06. The first kappa shape index (κ1) is 14.5. The Morgan fingerprint density at radius 1 is 1.35 bits per heavy atom. The lowest BCUT2D eigenvalue weighted by molar-refractivity contribution is 0.157. The SMILES string of the molecule is CC(C)NC(C)(C#N)CN(C)C1CCCCC1. The van der Waals surface area contributed by atoms with Crippen LogP contribution in [0.25, 0.3) is 0 Å². The van der Waals surface area contributed by atoms with E-state index in [9.17, 15) is 5.26 Å². The lowest BCUT2D eigenvalue weighted by Gasteiger charge is -2.36. The summed E-state index contributed by atoms with van der Waals surface area (Å²) in [6, 6.07) is 3.45. The highest BCUT2D eigenvalue weighted by atomic mass is 15.2. The molecule has 1 unspecified atom stereocenters. The first-order valence-corrected chi connectivity index (χ1v) is 6.86. The average Bonchev–Trinajstić information content (AvgIpc) is 2.29. The van der Waals surface area contributed by atoms with Gasteiger partial charge in [-0.25, -0.2) is 0 Å². The van der Waals surface area contributed by atoms with Crippen LogP contribution in [0.4, 0.5) is 0 Å². The molecule has 0 amide bonds. The second-order valence-corrected chi connectivity index (χ2v) is 5.95.